The number of hydrogen-bond acceptors (Lipinski definition) is 3. The molecule has 8 atom stereocenters. The molecule has 4 aliphatic carbocycles. The van der Waals surface area contributed by atoms with Gasteiger partial charge in [0.1, 0.15) is 18.3 Å². The van der Waals surface area contributed by atoms with Crippen LogP contribution in [0.4, 0.5) is 0 Å². The maximum absolute atomic E-state index is 12.1. The first-order valence-corrected chi connectivity index (χ1v) is 14.4. The van der Waals surface area contributed by atoms with Gasteiger partial charge in [-0.3, -0.25) is 9.59 Å². The summed E-state index contributed by atoms with van der Waals surface area (Å²) < 4.78 is 5.70. The van der Waals surface area contributed by atoms with Crippen molar-refractivity contribution < 1.29 is 14.3 Å². The van der Waals surface area contributed by atoms with E-state index in [1.54, 1.807) is 5.57 Å². The predicted octanol–water partition coefficient (Wildman–Crippen LogP) is 7.92. The van der Waals surface area contributed by atoms with E-state index in [1.165, 1.54) is 58.3 Å². The van der Waals surface area contributed by atoms with Crippen LogP contribution in [0.5, 0.6) is 0 Å². The smallest absolute Gasteiger partial charge is 0.313 e. The van der Waals surface area contributed by atoms with Crippen molar-refractivity contribution in [1.82, 2.24) is 0 Å². The number of rotatable bonds is 8. The second-order valence-electron chi connectivity index (χ2n) is 13.5. The van der Waals surface area contributed by atoms with Crippen molar-refractivity contribution >= 4 is 11.8 Å². The Morgan fingerprint density at radius 3 is 2.50 bits per heavy atom. The molecule has 0 unspecified atom stereocenters. The summed E-state index contributed by atoms with van der Waals surface area (Å²) in [6.45, 7) is 13.9. The minimum Gasteiger partial charge on any atom is -0.462 e. The molecule has 0 aromatic rings. The normalized spacial score (nSPS) is 40.1. The molecule has 0 aromatic carbocycles. The largest absolute Gasteiger partial charge is 0.462 e. The summed E-state index contributed by atoms with van der Waals surface area (Å²) in [5, 5.41) is 0. The molecule has 0 saturated heterocycles. The zero-order valence-corrected chi connectivity index (χ0v) is 22.8. The van der Waals surface area contributed by atoms with Crippen LogP contribution >= 0.6 is 0 Å². The maximum Gasteiger partial charge on any atom is 0.313 e. The van der Waals surface area contributed by atoms with E-state index in [1.807, 2.05) is 0 Å². The van der Waals surface area contributed by atoms with E-state index in [0.29, 0.717) is 5.41 Å². The van der Waals surface area contributed by atoms with Crippen molar-refractivity contribution in [3.8, 4) is 0 Å². The fourth-order valence-electron chi connectivity index (χ4n) is 9.18. The average molecular weight is 471 g/mol. The van der Waals surface area contributed by atoms with Gasteiger partial charge in [-0.1, -0.05) is 65.5 Å². The molecule has 0 bridgehead atoms. The number of allylic oxidation sites excluding steroid dienone is 1. The lowest BCUT2D eigenvalue weighted by Gasteiger charge is -2.58. The molecular formula is C31H50O3. The van der Waals surface area contributed by atoms with Crippen molar-refractivity contribution in [2.75, 3.05) is 0 Å². The van der Waals surface area contributed by atoms with Crippen LogP contribution in [0.25, 0.3) is 0 Å². The summed E-state index contributed by atoms with van der Waals surface area (Å²) in [4.78, 5) is 23.4. The van der Waals surface area contributed by atoms with Crippen molar-refractivity contribution in [3.05, 3.63) is 11.6 Å². The summed E-state index contributed by atoms with van der Waals surface area (Å²) in [7, 11) is 0. The van der Waals surface area contributed by atoms with Crippen LogP contribution in [0.1, 0.15) is 119 Å². The highest BCUT2D eigenvalue weighted by atomic mass is 16.5. The van der Waals surface area contributed by atoms with E-state index in [2.05, 4.69) is 40.7 Å². The summed E-state index contributed by atoms with van der Waals surface area (Å²) in [6, 6.07) is 0. The molecule has 0 radical (unpaired) electrons. The zero-order valence-electron chi connectivity index (χ0n) is 22.8. The van der Waals surface area contributed by atoms with Gasteiger partial charge in [0.2, 0.25) is 0 Å². The highest BCUT2D eigenvalue weighted by molar-refractivity contribution is 5.94. The van der Waals surface area contributed by atoms with Crippen LogP contribution < -0.4 is 0 Å². The second kappa shape index (κ2) is 10.1. The predicted molar refractivity (Wildman–Crippen MR) is 138 cm³/mol. The van der Waals surface area contributed by atoms with Gasteiger partial charge in [0.05, 0.1) is 0 Å². The van der Waals surface area contributed by atoms with Crippen LogP contribution in [0.2, 0.25) is 0 Å². The Bertz CT molecular complexity index is 796. The minimum absolute atomic E-state index is 0.0425. The number of Topliss-reactive ketones (excluding diaryl/α,β-unsaturated/α-hetero) is 1. The van der Waals surface area contributed by atoms with E-state index in [-0.39, 0.29) is 29.7 Å². The van der Waals surface area contributed by atoms with Gasteiger partial charge in [0, 0.05) is 6.42 Å². The molecule has 4 aliphatic rings. The lowest BCUT2D eigenvalue weighted by Crippen LogP contribution is -2.51. The lowest BCUT2D eigenvalue weighted by molar-refractivity contribution is -0.153. The summed E-state index contributed by atoms with van der Waals surface area (Å²) in [5.74, 6) is 4.63. The third kappa shape index (κ3) is 4.92. The van der Waals surface area contributed by atoms with Crippen LogP contribution in [0, 0.1) is 46.3 Å². The Labute approximate surface area is 208 Å². The minimum atomic E-state index is -0.344. The quantitative estimate of drug-likeness (QED) is 0.205. The van der Waals surface area contributed by atoms with Gasteiger partial charge in [0.15, 0.2) is 0 Å². The molecule has 3 fully saturated rings. The fourth-order valence-corrected chi connectivity index (χ4v) is 9.18. The monoisotopic (exact) mass is 470 g/mol. The standard InChI is InChI=1S/C31H50O3/c1-20(2)8-7-9-21(3)26-12-13-27-25-11-10-23-19-24(34-29(33)18-22(4)32)14-16-30(23,5)28(25)15-17-31(26,27)6/h10,20-21,24-28H,7-9,11-19H2,1-6H3/t21-,24-,25+,26-,27+,28+,30-,31-/m0/s1. The molecule has 0 spiro atoms. The van der Waals surface area contributed by atoms with Crippen molar-refractivity contribution in [2.45, 2.75) is 125 Å². The molecule has 0 aromatic heterocycles. The van der Waals surface area contributed by atoms with Gasteiger partial charge in [-0.2, -0.15) is 0 Å². The van der Waals surface area contributed by atoms with Crippen molar-refractivity contribution in [3.63, 3.8) is 0 Å². The van der Waals surface area contributed by atoms with E-state index in [4.69, 9.17) is 4.74 Å². The Morgan fingerprint density at radius 1 is 1.03 bits per heavy atom. The van der Waals surface area contributed by atoms with Gasteiger partial charge in [-0.15, -0.1) is 0 Å². The number of ether oxygens (including phenoxy) is 1. The first-order chi connectivity index (χ1) is 16.0. The SMILES string of the molecule is CC(=O)CC(=O)O[C@H]1CC[C@@]2(C)C(=CC[C@@H]3[C@H]4CC[C@@H]([C@@H](C)CCCC(C)C)[C@]4(C)CC[C@H]32)C1. The molecule has 0 N–H and O–H groups in total. The van der Waals surface area contributed by atoms with E-state index >= 15 is 0 Å². The number of carbonyl (C=O) groups excluding carboxylic acids is 2. The molecule has 192 valence electrons. The summed E-state index contributed by atoms with van der Waals surface area (Å²) >= 11 is 0. The molecule has 34 heavy (non-hydrogen) atoms. The summed E-state index contributed by atoms with van der Waals surface area (Å²) in [5.41, 5.74) is 2.34. The van der Waals surface area contributed by atoms with Gasteiger partial charge >= 0.3 is 5.97 Å². The Kier molecular flexibility index (Phi) is 7.71. The molecular weight excluding hydrogens is 420 g/mol. The van der Waals surface area contributed by atoms with Gasteiger partial charge in [-0.05, 0) is 98.2 Å². The molecule has 0 heterocycles. The first kappa shape index (κ1) is 26.0. The van der Waals surface area contributed by atoms with E-state index in [9.17, 15) is 9.59 Å². The molecule has 3 heteroatoms. The number of fused-ring (bicyclic) bond motifs is 5. The molecule has 0 aliphatic heterocycles. The van der Waals surface area contributed by atoms with Crippen LogP contribution in [-0.2, 0) is 14.3 Å². The Hall–Kier alpha value is -1.12. The third-order valence-corrected chi connectivity index (χ3v) is 11.0. The maximum atomic E-state index is 12.1. The fraction of sp³-hybridized carbons (Fsp3) is 0.871. The highest BCUT2D eigenvalue weighted by Gasteiger charge is 2.59. The molecule has 3 saturated carbocycles. The lowest BCUT2D eigenvalue weighted by atomic mass is 9.47. The number of carbonyl (C=O) groups is 2. The third-order valence-electron chi connectivity index (χ3n) is 11.0. The number of esters is 1. The molecule has 4 rings (SSSR count). The first-order valence-electron chi connectivity index (χ1n) is 14.4. The number of hydrogen-bond donors (Lipinski definition) is 0. The van der Waals surface area contributed by atoms with Crippen molar-refractivity contribution in [2.24, 2.45) is 46.3 Å². The summed E-state index contributed by atoms with van der Waals surface area (Å²) in [6.07, 6.45) is 16.4. The van der Waals surface area contributed by atoms with Crippen molar-refractivity contribution in [1.29, 1.82) is 0 Å². The van der Waals surface area contributed by atoms with Crippen LogP contribution in [0.15, 0.2) is 11.6 Å². The molecule has 3 nitrogen and oxygen atoms in total. The van der Waals surface area contributed by atoms with Crippen LogP contribution in [0.3, 0.4) is 0 Å². The van der Waals surface area contributed by atoms with Gasteiger partial charge < -0.3 is 4.74 Å². The zero-order chi connectivity index (χ0) is 24.7. The Balaban J connectivity index is 1.43. The molecule has 0 amide bonds. The van der Waals surface area contributed by atoms with Crippen LogP contribution in [-0.4, -0.2) is 17.9 Å². The van der Waals surface area contributed by atoms with Gasteiger partial charge in [0.25, 0.3) is 0 Å². The topological polar surface area (TPSA) is 43.4 Å². The van der Waals surface area contributed by atoms with E-state index < -0.39 is 0 Å². The van der Waals surface area contributed by atoms with E-state index in [0.717, 1.165) is 54.8 Å². The van der Waals surface area contributed by atoms with Gasteiger partial charge in [-0.25, -0.2) is 0 Å². The average Bonchev–Trinajstić information content (AvgIpc) is 3.10. The second-order valence-corrected chi connectivity index (χ2v) is 13.5. The Morgan fingerprint density at radius 2 is 1.79 bits per heavy atom. The number of ketones is 1. The highest BCUT2D eigenvalue weighted by Crippen LogP contribution is 2.67.